The van der Waals surface area contributed by atoms with E-state index in [0.717, 1.165) is 17.7 Å². The highest BCUT2D eigenvalue weighted by Crippen LogP contribution is 2.33. The van der Waals surface area contributed by atoms with Crippen molar-refractivity contribution >= 4 is 22.7 Å². The Hall–Kier alpha value is -2.63. The van der Waals surface area contributed by atoms with E-state index in [2.05, 4.69) is 18.7 Å². The average molecular weight is 523 g/mol. The summed E-state index contributed by atoms with van der Waals surface area (Å²) in [5.74, 6) is -1.31. The number of alkyl halides is 3. The summed E-state index contributed by atoms with van der Waals surface area (Å²) in [5.41, 5.74) is 0.647. The summed E-state index contributed by atoms with van der Waals surface area (Å²) in [6.07, 6.45) is -3.56. The molecule has 3 fully saturated rings. The fourth-order valence-electron chi connectivity index (χ4n) is 5.55. The van der Waals surface area contributed by atoms with Crippen LogP contribution in [0.2, 0.25) is 0 Å². The number of carbonyl (C=O) groups excluding carboxylic acids is 2. The molecular formula is C26H33F3N4O4. The summed E-state index contributed by atoms with van der Waals surface area (Å²) in [6, 6.07) is 6.55. The summed E-state index contributed by atoms with van der Waals surface area (Å²) in [4.78, 5) is 32.2. The van der Waals surface area contributed by atoms with E-state index >= 15 is 0 Å². The highest BCUT2D eigenvalue weighted by Gasteiger charge is 2.41. The van der Waals surface area contributed by atoms with Crippen LogP contribution in [0.3, 0.4) is 0 Å². The molecule has 0 N–H and O–H groups in total. The molecule has 37 heavy (non-hydrogen) atoms. The van der Waals surface area contributed by atoms with Crippen molar-refractivity contribution in [2.24, 2.45) is 0 Å². The SMILES string of the molecule is CC(C)N1CCN(C(=O)c2ccc3c(c2)cc(C(=O)N2CCC4(CC2)OCCO4)n3CC(F)(F)F)CC1. The Kier molecular flexibility index (Phi) is 6.97. The van der Waals surface area contributed by atoms with Crippen molar-refractivity contribution < 1.29 is 32.2 Å². The fraction of sp³-hybridized carbons (Fsp3) is 0.615. The molecule has 0 atom stereocenters. The lowest BCUT2D eigenvalue weighted by Crippen LogP contribution is -2.50. The number of carbonyl (C=O) groups is 2. The topological polar surface area (TPSA) is 67.2 Å². The summed E-state index contributed by atoms with van der Waals surface area (Å²) < 4.78 is 53.0. The fourth-order valence-corrected chi connectivity index (χ4v) is 5.55. The molecule has 4 heterocycles. The quantitative estimate of drug-likeness (QED) is 0.616. The minimum Gasteiger partial charge on any atom is -0.347 e. The number of aromatic nitrogens is 1. The Balaban J connectivity index is 1.39. The van der Waals surface area contributed by atoms with Crippen molar-refractivity contribution in [3.63, 3.8) is 0 Å². The van der Waals surface area contributed by atoms with Gasteiger partial charge in [-0.1, -0.05) is 0 Å². The van der Waals surface area contributed by atoms with Gasteiger partial charge >= 0.3 is 6.18 Å². The Morgan fingerprint density at radius 2 is 1.54 bits per heavy atom. The molecule has 1 aromatic heterocycles. The van der Waals surface area contributed by atoms with E-state index in [4.69, 9.17) is 9.47 Å². The molecule has 0 bridgehead atoms. The first-order valence-electron chi connectivity index (χ1n) is 12.9. The van der Waals surface area contributed by atoms with Gasteiger partial charge in [0.05, 0.1) is 13.2 Å². The third kappa shape index (κ3) is 5.35. The Morgan fingerprint density at radius 3 is 2.14 bits per heavy atom. The molecule has 1 aromatic carbocycles. The molecule has 0 radical (unpaired) electrons. The van der Waals surface area contributed by atoms with Crippen LogP contribution in [0.15, 0.2) is 24.3 Å². The van der Waals surface area contributed by atoms with Gasteiger partial charge in [-0.15, -0.1) is 0 Å². The molecule has 2 amide bonds. The van der Waals surface area contributed by atoms with Crippen molar-refractivity contribution in [2.75, 3.05) is 52.5 Å². The maximum absolute atomic E-state index is 13.5. The first-order valence-corrected chi connectivity index (χ1v) is 12.9. The van der Waals surface area contributed by atoms with E-state index in [9.17, 15) is 22.8 Å². The first-order chi connectivity index (χ1) is 17.6. The lowest BCUT2D eigenvalue weighted by atomic mass is 10.0. The zero-order valence-electron chi connectivity index (χ0n) is 21.2. The van der Waals surface area contributed by atoms with E-state index in [1.807, 2.05) is 0 Å². The van der Waals surface area contributed by atoms with Crippen LogP contribution in [0.1, 0.15) is 47.5 Å². The number of hydrogen-bond acceptors (Lipinski definition) is 5. The molecule has 3 saturated heterocycles. The normalized spacial score (nSPS) is 20.9. The minimum atomic E-state index is -4.51. The number of hydrogen-bond donors (Lipinski definition) is 0. The zero-order valence-corrected chi connectivity index (χ0v) is 21.2. The number of fused-ring (bicyclic) bond motifs is 1. The van der Waals surface area contributed by atoms with E-state index < -0.39 is 24.4 Å². The van der Waals surface area contributed by atoms with E-state index in [1.165, 1.54) is 12.1 Å². The summed E-state index contributed by atoms with van der Waals surface area (Å²) in [7, 11) is 0. The molecule has 8 nitrogen and oxygen atoms in total. The number of benzene rings is 1. The van der Waals surface area contributed by atoms with Crippen molar-refractivity contribution in [2.45, 2.75) is 51.2 Å². The van der Waals surface area contributed by atoms with Crippen LogP contribution < -0.4 is 0 Å². The predicted molar refractivity (Wildman–Crippen MR) is 130 cm³/mol. The molecular weight excluding hydrogens is 489 g/mol. The number of likely N-dealkylation sites (tertiary alicyclic amines) is 1. The number of ether oxygens (including phenoxy) is 2. The van der Waals surface area contributed by atoms with E-state index in [1.54, 1.807) is 21.9 Å². The average Bonchev–Trinajstić information content (AvgIpc) is 3.47. The molecule has 3 aliphatic rings. The van der Waals surface area contributed by atoms with Crippen LogP contribution in [-0.4, -0.2) is 102 Å². The van der Waals surface area contributed by atoms with Gasteiger partial charge in [-0.05, 0) is 38.1 Å². The zero-order chi connectivity index (χ0) is 26.4. The molecule has 2 aromatic rings. The molecule has 0 unspecified atom stereocenters. The highest BCUT2D eigenvalue weighted by atomic mass is 19.4. The van der Waals surface area contributed by atoms with Crippen LogP contribution in [-0.2, 0) is 16.0 Å². The van der Waals surface area contributed by atoms with Gasteiger partial charge in [0.1, 0.15) is 12.2 Å². The number of piperidine rings is 1. The third-order valence-corrected chi connectivity index (χ3v) is 7.66. The smallest absolute Gasteiger partial charge is 0.347 e. The maximum atomic E-state index is 13.5. The number of piperazine rings is 1. The molecule has 1 spiro atoms. The van der Waals surface area contributed by atoms with Gasteiger partial charge in [-0.3, -0.25) is 14.5 Å². The first kappa shape index (κ1) is 26.0. The van der Waals surface area contributed by atoms with Crippen LogP contribution in [0.25, 0.3) is 10.9 Å². The number of rotatable bonds is 4. The third-order valence-electron chi connectivity index (χ3n) is 7.66. The molecule has 3 aliphatic heterocycles. The number of halogens is 3. The predicted octanol–water partition coefficient (Wildman–Crippen LogP) is 3.35. The van der Waals surface area contributed by atoms with Crippen LogP contribution >= 0.6 is 0 Å². The highest BCUT2D eigenvalue weighted by molar-refractivity contribution is 6.02. The van der Waals surface area contributed by atoms with Crippen molar-refractivity contribution in [3.8, 4) is 0 Å². The van der Waals surface area contributed by atoms with E-state index in [-0.39, 0.29) is 17.1 Å². The molecule has 0 aliphatic carbocycles. The van der Waals surface area contributed by atoms with Gasteiger partial charge in [0.25, 0.3) is 11.8 Å². The van der Waals surface area contributed by atoms with E-state index in [0.29, 0.717) is 69.2 Å². The largest absolute Gasteiger partial charge is 0.406 e. The second-order valence-corrected chi connectivity index (χ2v) is 10.3. The Morgan fingerprint density at radius 1 is 0.919 bits per heavy atom. The standard InChI is InChI=1S/C26H33F3N4O4/c1-18(2)30-9-11-32(12-10-30)23(34)19-3-4-21-20(15-19)16-22(33(21)17-26(27,28)29)24(35)31-7-5-25(6-8-31)36-13-14-37-25/h3-4,15-16,18H,5-14,17H2,1-2H3. The van der Waals surface area contributed by atoms with Crippen molar-refractivity contribution in [1.29, 1.82) is 0 Å². The minimum absolute atomic E-state index is 0.0355. The van der Waals surface area contributed by atoms with Crippen molar-refractivity contribution in [3.05, 3.63) is 35.5 Å². The van der Waals surface area contributed by atoms with Crippen molar-refractivity contribution in [1.82, 2.24) is 19.3 Å². The summed E-state index contributed by atoms with van der Waals surface area (Å²) >= 11 is 0. The van der Waals surface area contributed by atoms with Gasteiger partial charge in [0, 0.05) is 74.6 Å². The Bertz CT molecular complexity index is 1150. The van der Waals surface area contributed by atoms with Crippen LogP contribution in [0.4, 0.5) is 13.2 Å². The lowest BCUT2D eigenvalue weighted by molar-refractivity contribution is -0.181. The van der Waals surface area contributed by atoms with Crippen LogP contribution in [0, 0.1) is 0 Å². The number of amides is 2. The maximum Gasteiger partial charge on any atom is 0.406 e. The molecule has 11 heteroatoms. The number of nitrogens with zero attached hydrogens (tertiary/aromatic N) is 4. The van der Waals surface area contributed by atoms with Gasteiger partial charge in [0.2, 0.25) is 0 Å². The second kappa shape index (κ2) is 9.92. The monoisotopic (exact) mass is 522 g/mol. The second-order valence-electron chi connectivity index (χ2n) is 10.3. The Labute approximate surface area is 213 Å². The molecule has 202 valence electrons. The summed E-state index contributed by atoms with van der Waals surface area (Å²) in [5, 5.41) is 0.440. The van der Waals surface area contributed by atoms with Gasteiger partial charge in [0.15, 0.2) is 5.79 Å². The molecule has 0 saturated carbocycles. The lowest BCUT2D eigenvalue weighted by Gasteiger charge is -2.37. The van der Waals surface area contributed by atoms with Gasteiger partial charge in [-0.2, -0.15) is 13.2 Å². The summed E-state index contributed by atoms with van der Waals surface area (Å²) in [6.45, 7) is 7.37. The van der Waals surface area contributed by atoms with Gasteiger partial charge in [-0.25, -0.2) is 0 Å². The van der Waals surface area contributed by atoms with Crippen LogP contribution in [0.5, 0.6) is 0 Å². The van der Waals surface area contributed by atoms with Gasteiger partial charge < -0.3 is 23.8 Å². The molecule has 5 rings (SSSR count).